The van der Waals surface area contributed by atoms with Crippen LogP contribution in [0.25, 0.3) is 5.69 Å². The number of allylic oxidation sites excluding steroid dienone is 2. The van der Waals surface area contributed by atoms with Gasteiger partial charge in [-0.2, -0.15) is 0 Å². The molecule has 5 aliphatic carbocycles. The van der Waals surface area contributed by atoms with Crippen LogP contribution in [0, 0.1) is 62.5 Å². The summed E-state index contributed by atoms with van der Waals surface area (Å²) in [7, 11) is 0. The summed E-state index contributed by atoms with van der Waals surface area (Å²) in [5.74, 6) is -0.695. The Kier molecular flexibility index (Phi) is 10.5. The zero-order chi connectivity index (χ0) is 41.3. The number of hydrogen-bond acceptors (Lipinski definition) is 9. The van der Waals surface area contributed by atoms with E-state index in [2.05, 4.69) is 56.3 Å². The van der Waals surface area contributed by atoms with Crippen molar-refractivity contribution in [3.63, 3.8) is 0 Å². The van der Waals surface area contributed by atoms with Crippen molar-refractivity contribution in [3.05, 3.63) is 53.6 Å². The van der Waals surface area contributed by atoms with Crippen molar-refractivity contribution in [1.29, 1.82) is 0 Å². The van der Waals surface area contributed by atoms with Crippen molar-refractivity contribution >= 4 is 23.8 Å². The van der Waals surface area contributed by atoms with Crippen LogP contribution < -0.4 is 5.32 Å². The van der Waals surface area contributed by atoms with Gasteiger partial charge in [0.2, 0.25) is 5.91 Å². The van der Waals surface area contributed by atoms with E-state index in [1.165, 1.54) is 37.1 Å². The van der Waals surface area contributed by atoms with E-state index >= 15 is 0 Å². The second-order valence-corrected chi connectivity index (χ2v) is 19.3. The summed E-state index contributed by atoms with van der Waals surface area (Å²) in [5, 5.41) is 11.7. The topological polar surface area (TPSA) is 139 Å². The Bertz CT molecular complexity index is 1970. The van der Waals surface area contributed by atoms with Gasteiger partial charge in [0.1, 0.15) is 36.0 Å². The summed E-state index contributed by atoms with van der Waals surface area (Å²) >= 11 is 0. The molecule has 1 amide bonds. The van der Waals surface area contributed by atoms with Crippen molar-refractivity contribution in [1.82, 2.24) is 20.3 Å². The third kappa shape index (κ3) is 6.51. The summed E-state index contributed by atoms with van der Waals surface area (Å²) in [5.41, 5.74) is 0.165. The summed E-state index contributed by atoms with van der Waals surface area (Å²) in [6.07, 6.45) is 9.13. The Balaban J connectivity index is 1.22. The van der Waals surface area contributed by atoms with Gasteiger partial charge in [0.15, 0.2) is 0 Å². The molecule has 0 aliphatic heterocycles. The summed E-state index contributed by atoms with van der Waals surface area (Å²) in [4.78, 5) is 52.2. The number of halogens is 1. The number of benzene rings is 1. The molecule has 12 heteroatoms. The first-order valence-corrected chi connectivity index (χ1v) is 20.9. The average Bonchev–Trinajstić information content (AvgIpc) is 3.62. The highest BCUT2D eigenvalue weighted by Gasteiger charge is 2.72. The second-order valence-electron chi connectivity index (χ2n) is 19.3. The fourth-order valence-corrected chi connectivity index (χ4v) is 13.4. The molecule has 1 N–H and O–H groups in total. The zero-order valence-electron chi connectivity index (χ0n) is 35.2. The van der Waals surface area contributed by atoms with E-state index in [9.17, 15) is 23.6 Å². The Labute approximate surface area is 336 Å². The highest BCUT2D eigenvalue weighted by Crippen LogP contribution is 2.76. The smallest absolute Gasteiger partial charge is 0.303 e. The van der Waals surface area contributed by atoms with Gasteiger partial charge in [-0.05, 0) is 109 Å². The third-order valence-corrected chi connectivity index (χ3v) is 16.4. The van der Waals surface area contributed by atoms with Crippen LogP contribution >= 0.6 is 0 Å². The van der Waals surface area contributed by atoms with Gasteiger partial charge >= 0.3 is 17.9 Å². The van der Waals surface area contributed by atoms with Crippen LogP contribution in [0.1, 0.15) is 119 Å². The Morgan fingerprint density at radius 3 is 2.32 bits per heavy atom. The fourth-order valence-electron chi connectivity index (χ4n) is 13.4. The van der Waals surface area contributed by atoms with Crippen molar-refractivity contribution in [2.45, 2.75) is 132 Å². The molecule has 0 unspecified atom stereocenters. The Morgan fingerprint density at radius 1 is 0.912 bits per heavy atom. The molecular formula is C45H61FN4O7. The summed E-state index contributed by atoms with van der Waals surface area (Å²) < 4.78 is 33.7. The van der Waals surface area contributed by atoms with Gasteiger partial charge in [-0.1, -0.05) is 70.5 Å². The molecular weight excluding hydrogens is 728 g/mol. The van der Waals surface area contributed by atoms with E-state index in [4.69, 9.17) is 14.2 Å². The monoisotopic (exact) mass is 788 g/mol. The SMILES string of the molecule is CC(=O)OC[C@@]1(C)[C@@H]2CC[C@]3(C)[C@H](CC=C4[C@@H]5[C@@H](C)[C@H](C)CC[C@]5(C(=O)NCc5cn(-c6ccccc6F)nn5)CC[C@]43C)[C@@]2(C)C[C@@H](OC(C)=O)[C@@H]1OC(C)=O. The molecule has 4 saturated carbocycles. The summed E-state index contributed by atoms with van der Waals surface area (Å²) in [6, 6.07) is 6.40. The molecule has 0 saturated heterocycles. The van der Waals surface area contributed by atoms with E-state index < -0.39 is 46.8 Å². The molecule has 2 aromatic rings. The van der Waals surface area contributed by atoms with Crippen molar-refractivity contribution in [3.8, 4) is 5.69 Å². The maximum Gasteiger partial charge on any atom is 0.303 e. The van der Waals surface area contributed by atoms with Gasteiger partial charge in [-0.3, -0.25) is 19.2 Å². The van der Waals surface area contributed by atoms with Crippen LogP contribution in [0.5, 0.6) is 0 Å². The molecule has 1 heterocycles. The maximum absolute atomic E-state index is 14.7. The Hall–Kier alpha value is -4.09. The van der Waals surface area contributed by atoms with E-state index in [0.717, 1.165) is 44.9 Å². The normalized spacial score (nSPS) is 39.5. The highest BCUT2D eigenvalue weighted by molar-refractivity contribution is 5.84. The number of carbonyl (C=O) groups excluding carboxylic acids is 4. The molecule has 0 bridgehead atoms. The van der Waals surface area contributed by atoms with Crippen molar-refractivity contribution < 1.29 is 37.8 Å². The number of amides is 1. The number of aromatic nitrogens is 3. The highest BCUT2D eigenvalue weighted by atomic mass is 19.1. The van der Waals surface area contributed by atoms with Crippen LogP contribution in [0.15, 0.2) is 42.1 Å². The van der Waals surface area contributed by atoms with Crippen LogP contribution in [-0.4, -0.2) is 57.6 Å². The number of fused-ring (bicyclic) bond motifs is 7. The van der Waals surface area contributed by atoms with E-state index in [1.54, 1.807) is 24.4 Å². The predicted octanol–water partition coefficient (Wildman–Crippen LogP) is 7.70. The van der Waals surface area contributed by atoms with E-state index in [0.29, 0.717) is 23.7 Å². The average molecular weight is 789 g/mol. The minimum atomic E-state index is -0.801. The molecule has 310 valence electrons. The molecule has 4 fully saturated rings. The minimum absolute atomic E-state index is 0.00978. The number of nitrogens with one attached hydrogen (secondary N) is 1. The quantitative estimate of drug-likeness (QED) is 0.162. The molecule has 1 aromatic heterocycles. The molecule has 11 nitrogen and oxygen atoms in total. The molecule has 12 atom stereocenters. The van der Waals surface area contributed by atoms with Gasteiger partial charge in [0, 0.05) is 26.2 Å². The lowest BCUT2D eigenvalue weighted by molar-refractivity contribution is -0.255. The number of rotatable bonds is 8. The number of carbonyl (C=O) groups is 4. The number of nitrogens with zero attached hydrogens (tertiary/aromatic N) is 3. The van der Waals surface area contributed by atoms with Gasteiger partial charge in [0.25, 0.3) is 0 Å². The lowest BCUT2D eigenvalue weighted by atomic mass is 9.33. The van der Waals surface area contributed by atoms with Crippen LogP contribution in [0.4, 0.5) is 4.39 Å². The molecule has 0 radical (unpaired) electrons. The lowest BCUT2D eigenvalue weighted by Gasteiger charge is -2.72. The first kappa shape index (κ1) is 41.1. The summed E-state index contributed by atoms with van der Waals surface area (Å²) in [6.45, 7) is 18.3. The fraction of sp³-hybridized carbons (Fsp3) is 0.689. The van der Waals surface area contributed by atoms with Gasteiger partial charge < -0.3 is 19.5 Å². The number of hydrogen-bond donors (Lipinski definition) is 1. The number of ether oxygens (including phenoxy) is 3. The maximum atomic E-state index is 14.7. The molecule has 1 aromatic carbocycles. The first-order chi connectivity index (χ1) is 26.8. The third-order valence-electron chi connectivity index (χ3n) is 16.4. The van der Waals surface area contributed by atoms with Gasteiger partial charge in [-0.15, -0.1) is 5.10 Å². The van der Waals surface area contributed by atoms with Gasteiger partial charge in [-0.25, -0.2) is 9.07 Å². The second kappa shape index (κ2) is 14.6. The van der Waals surface area contributed by atoms with Crippen molar-refractivity contribution in [2.24, 2.45) is 56.7 Å². The van der Waals surface area contributed by atoms with E-state index in [-0.39, 0.29) is 59.0 Å². The Morgan fingerprint density at radius 2 is 1.63 bits per heavy atom. The minimum Gasteiger partial charge on any atom is -0.465 e. The predicted molar refractivity (Wildman–Crippen MR) is 210 cm³/mol. The standard InChI is InChI=1S/C45H61FN4O7/c1-26-16-19-45(40(54)47-23-31-24-50(49-48-31)34-13-11-10-12-33(34)46)21-20-43(8)32(38(45)27(26)2)14-15-37-41(6)22-35(56-29(4)52)39(57-30(5)53)42(7,25-55-28(3)51)36(41)17-18-44(37,43)9/h10-14,24,26-27,35-39H,15-23,25H2,1-9H3,(H,47,54)/t26-,27+,35-,36-,37-,38+,39+,41+,42+,43-,44-,45+/m1/s1. The number of para-hydroxylation sites is 1. The van der Waals surface area contributed by atoms with E-state index in [1.807, 2.05) is 6.92 Å². The zero-order valence-corrected chi connectivity index (χ0v) is 35.2. The van der Waals surface area contributed by atoms with Gasteiger partial charge in [0.05, 0.1) is 18.2 Å². The van der Waals surface area contributed by atoms with Crippen molar-refractivity contribution in [2.75, 3.05) is 6.61 Å². The number of esters is 3. The lowest BCUT2D eigenvalue weighted by Crippen LogP contribution is -2.69. The van der Waals surface area contributed by atoms with Crippen LogP contribution in [0.2, 0.25) is 0 Å². The molecule has 5 aliphatic rings. The molecule has 0 spiro atoms. The van der Waals surface area contributed by atoms with Crippen LogP contribution in [0.3, 0.4) is 0 Å². The largest absolute Gasteiger partial charge is 0.465 e. The molecule has 57 heavy (non-hydrogen) atoms. The first-order valence-electron chi connectivity index (χ1n) is 20.9. The molecule has 7 rings (SSSR count). The van der Waals surface area contributed by atoms with Crippen LogP contribution in [-0.2, 0) is 39.9 Å².